The minimum Gasteiger partial charge on any atom is -0.424 e. The summed E-state index contributed by atoms with van der Waals surface area (Å²) in [5.74, 6) is -1.07. The topological polar surface area (TPSA) is 96.7 Å². The molecule has 0 aliphatic carbocycles. The number of fused-ring (bicyclic) bond motifs is 1. The van der Waals surface area contributed by atoms with Gasteiger partial charge in [-0.15, -0.1) is 6.58 Å². The Morgan fingerprint density at radius 1 is 1.22 bits per heavy atom. The number of halogens is 1. The number of para-hydroxylation sites is 1. The van der Waals surface area contributed by atoms with Gasteiger partial charge < -0.3 is 14.7 Å². The quantitative estimate of drug-likeness (QED) is 0.285. The fourth-order valence-electron chi connectivity index (χ4n) is 3.49. The lowest BCUT2D eigenvalue weighted by molar-refractivity contribution is -0.136. The number of esters is 1. The third-order valence-electron chi connectivity index (χ3n) is 5.10. The molecule has 8 heteroatoms. The summed E-state index contributed by atoms with van der Waals surface area (Å²) in [4.78, 5) is 26.8. The Morgan fingerprint density at radius 3 is 2.47 bits per heavy atom. The molecule has 0 saturated carbocycles. The third-order valence-corrected chi connectivity index (χ3v) is 6.29. The molecule has 0 aliphatic heterocycles. The SMILES string of the molecule is C=CC(C(O)CC(=O)Oc1c(C(C)C)nc2ccccc2c1-c1ccc(F)cc1)[PH](=O)O. The molecule has 32 heavy (non-hydrogen) atoms. The van der Waals surface area contributed by atoms with Crippen molar-refractivity contribution in [2.45, 2.75) is 37.9 Å². The average molecular weight is 457 g/mol. The van der Waals surface area contributed by atoms with Gasteiger partial charge in [-0.05, 0) is 29.7 Å². The molecule has 0 fully saturated rings. The molecule has 0 amide bonds. The minimum atomic E-state index is -3.12. The molecule has 2 aromatic carbocycles. The Balaban J connectivity index is 2.12. The van der Waals surface area contributed by atoms with E-state index in [0.29, 0.717) is 22.3 Å². The number of hydrogen-bond acceptors (Lipinski definition) is 5. The molecule has 0 bridgehead atoms. The normalized spacial score (nSPS) is 14.2. The van der Waals surface area contributed by atoms with Crippen LogP contribution in [0, 0.1) is 5.82 Å². The van der Waals surface area contributed by atoms with Gasteiger partial charge in [0.05, 0.1) is 29.4 Å². The second-order valence-corrected chi connectivity index (χ2v) is 9.07. The maximum atomic E-state index is 13.6. The number of nitrogens with zero attached hydrogens (tertiary/aromatic N) is 1. The molecule has 1 heterocycles. The molecule has 3 rings (SSSR count). The van der Waals surface area contributed by atoms with Gasteiger partial charge >= 0.3 is 5.97 Å². The number of aromatic nitrogens is 1. The molecule has 2 N–H and O–H groups in total. The van der Waals surface area contributed by atoms with Gasteiger partial charge in [0.25, 0.3) is 0 Å². The van der Waals surface area contributed by atoms with Crippen LogP contribution >= 0.6 is 8.03 Å². The lowest BCUT2D eigenvalue weighted by Gasteiger charge is -2.20. The van der Waals surface area contributed by atoms with Crippen LogP contribution in [0.1, 0.15) is 31.9 Å². The summed E-state index contributed by atoms with van der Waals surface area (Å²) in [6.07, 6.45) is -0.761. The predicted molar refractivity (Wildman–Crippen MR) is 123 cm³/mol. The van der Waals surface area contributed by atoms with Gasteiger partial charge in [-0.3, -0.25) is 9.36 Å². The van der Waals surface area contributed by atoms with E-state index in [-0.39, 0.29) is 11.7 Å². The fraction of sp³-hybridized carbons (Fsp3) is 0.250. The van der Waals surface area contributed by atoms with Crippen molar-refractivity contribution in [3.05, 3.63) is 72.7 Å². The van der Waals surface area contributed by atoms with Crippen molar-refractivity contribution in [2.75, 3.05) is 0 Å². The molecule has 0 radical (unpaired) electrons. The van der Waals surface area contributed by atoms with E-state index in [2.05, 4.69) is 11.6 Å². The highest BCUT2D eigenvalue weighted by Gasteiger charge is 2.27. The van der Waals surface area contributed by atoms with Crippen LogP contribution in [0.5, 0.6) is 5.75 Å². The molecular weight excluding hydrogens is 432 g/mol. The van der Waals surface area contributed by atoms with Crippen LogP contribution in [-0.2, 0) is 9.36 Å². The number of aliphatic hydroxyl groups is 1. The van der Waals surface area contributed by atoms with Crippen LogP contribution in [-0.4, -0.2) is 32.7 Å². The molecule has 3 atom stereocenters. The molecule has 0 aliphatic rings. The summed E-state index contributed by atoms with van der Waals surface area (Å²) in [7, 11) is -3.12. The molecule has 3 aromatic rings. The second-order valence-electron chi connectivity index (χ2n) is 7.73. The van der Waals surface area contributed by atoms with Gasteiger partial charge in [-0.2, -0.15) is 0 Å². The first-order valence-electron chi connectivity index (χ1n) is 10.2. The zero-order valence-corrected chi connectivity index (χ0v) is 18.8. The fourth-order valence-corrected chi connectivity index (χ4v) is 4.14. The number of benzene rings is 2. The van der Waals surface area contributed by atoms with Gasteiger partial charge in [0.1, 0.15) is 5.82 Å². The molecule has 0 spiro atoms. The van der Waals surface area contributed by atoms with E-state index in [9.17, 15) is 23.7 Å². The van der Waals surface area contributed by atoms with Gasteiger partial charge in [-0.25, -0.2) is 9.37 Å². The highest BCUT2D eigenvalue weighted by molar-refractivity contribution is 7.39. The zero-order chi connectivity index (χ0) is 23.4. The number of pyridine rings is 1. The van der Waals surface area contributed by atoms with Crippen LogP contribution in [0.4, 0.5) is 4.39 Å². The smallest absolute Gasteiger partial charge is 0.313 e. The van der Waals surface area contributed by atoms with Crippen molar-refractivity contribution in [3.8, 4) is 16.9 Å². The first-order valence-corrected chi connectivity index (χ1v) is 11.6. The molecule has 6 nitrogen and oxygen atoms in total. The molecule has 0 saturated heterocycles. The largest absolute Gasteiger partial charge is 0.424 e. The van der Waals surface area contributed by atoms with Crippen LogP contribution in [0.3, 0.4) is 0 Å². The van der Waals surface area contributed by atoms with E-state index in [4.69, 9.17) is 4.74 Å². The molecule has 168 valence electrons. The van der Waals surface area contributed by atoms with Crippen LogP contribution in [0.15, 0.2) is 61.2 Å². The summed E-state index contributed by atoms with van der Waals surface area (Å²) in [6, 6.07) is 13.2. The van der Waals surface area contributed by atoms with Crippen LogP contribution in [0.25, 0.3) is 22.0 Å². The Labute approximate surface area is 186 Å². The Hall–Kier alpha value is -2.86. The molecule has 3 unspecified atom stereocenters. The number of aliphatic hydroxyl groups excluding tert-OH is 1. The maximum Gasteiger partial charge on any atom is 0.313 e. The first-order chi connectivity index (χ1) is 15.2. The Bertz CT molecular complexity index is 1160. The van der Waals surface area contributed by atoms with Crippen molar-refractivity contribution in [2.24, 2.45) is 0 Å². The highest BCUT2D eigenvalue weighted by Crippen LogP contribution is 2.41. The Kier molecular flexibility index (Phi) is 7.56. The summed E-state index contributed by atoms with van der Waals surface area (Å²) < 4.78 is 30.7. The summed E-state index contributed by atoms with van der Waals surface area (Å²) in [6.45, 7) is 7.25. The highest BCUT2D eigenvalue weighted by atomic mass is 31.1. The van der Waals surface area contributed by atoms with E-state index in [1.807, 2.05) is 38.1 Å². The lowest BCUT2D eigenvalue weighted by Crippen LogP contribution is -2.26. The third kappa shape index (κ3) is 5.13. The number of carbonyl (C=O) groups excluding carboxylic acids is 1. The second kappa shape index (κ2) is 10.2. The molecular formula is C24H25FNO5P. The van der Waals surface area contributed by atoms with Gasteiger partial charge in [-0.1, -0.05) is 50.3 Å². The first kappa shape index (κ1) is 23.8. The van der Waals surface area contributed by atoms with Crippen molar-refractivity contribution in [1.29, 1.82) is 0 Å². The van der Waals surface area contributed by atoms with Crippen LogP contribution in [0.2, 0.25) is 0 Å². The lowest BCUT2D eigenvalue weighted by atomic mass is 9.95. The number of rotatable bonds is 8. The zero-order valence-electron chi connectivity index (χ0n) is 17.8. The van der Waals surface area contributed by atoms with E-state index in [0.717, 1.165) is 11.5 Å². The number of hydrogen-bond donors (Lipinski definition) is 2. The van der Waals surface area contributed by atoms with Gasteiger partial charge in [0.15, 0.2) is 13.8 Å². The van der Waals surface area contributed by atoms with Crippen molar-refractivity contribution >= 4 is 24.9 Å². The summed E-state index contributed by atoms with van der Waals surface area (Å²) in [5.41, 5.74) is 1.32. The predicted octanol–water partition coefficient (Wildman–Crippen LogP) is 4.84. The van der Waals surface area contributed by atoms with E-state index in [1.54, 1.807) is 12.1 Å². The van der Waals surface area contributed by atoms with Crippen molar-refractivity contribution in [3.63, 3.8) is 0 Å². The van der Waals surface area contributed by atoms with E-state index >= 15 is 0 Å². The monoisotopic (exact) mass is 457 g/mol. The standard InChI is InChI=1S/C24H25FNO5P/c1-4-20(32(29)30)19(27)13-21(28)31-24-22(15-9-11-16(25)12-10-15)17-7-5-6-8-18(17)26-23(24)14(2)3/h4-12,14,19-20,27,32H,1,13H2,2-3H3,(H,29,30). The molecule has 1 aromatic heterocycles. The summed E-state index contributed by atoms with van der Waals surface area (Å²) in [5, 5.41) is 10.9. The van der Waals surface area contributed by atoms with Gasteiger partial charge in [0.2, 0.25) is 0 Å². The van der Waals surface area contributed by atoms with Crippen LogP contribution < -0.4 is 4.74 Å². The minimum absolute atomic E-state index is 0.110. The van der Waals surface area contributed by atoms with Crippen molar-refractivity contribution in [1.82, 2.24) is 4.98 Å². The maximum absolute atomic E-state index is 13.6. The average Bonchev–Trinajstić information content (AvgIpc) is 2.74. The number of ether oxygens (including phenoxy) is 1. The van der Waals surface area contributed by atoms with E-state index in [1.165, 1.54) is 12.1 Å². The Morgan fingerprint density at radius 2 is 1.88 bits per heavy atom. The van der Waals surface area contributed by atoms with Gasteiger partial charge in [0, 0.05) is 10.9 Å². The van der Waals surface area contributed by atoms with E-state index < -0.39 is 38.0 Å². The van der Waals surface area contributed by atoms with Crippen molar-refractivity contribution < 1.29 is 28.5 Å². The number of carbonyl (C=O) groups is 1. The summed E-state index contributed by atoms with van der Waals surface area (Å²) >= 11 is 0.